The molecule has 3 aromatic rings. The number of halogens is 1. The highest BCUT2D eigenvalue weighted by molar-refractivity contribution is 5.95. The molecule has 7 heteroatoms. The summed E-state index contributed by atoms with van der Waals surface area (Å²) in [5.74, 6) is 1.90. The largest absolute Gasteiger partial charge is 0.493 e. The summed E-state index contributed by atoms with van der Waals surface area (Å²) in [6.45, 7) is 1.54. The monoisotopic (exact) mass is 359 g/mol. The van der Waals surface area contributed by atoms with Crippen LogP contribution in [-0.4, -0.2) is 30.0 Å². The molecule has 1 aromatic heterocycles. The Kier molecular flexibility index (Phi) is 5.77. The van der Waals surface area contributed by atoms with Crippen molar-refractivity contribution in [3.63, 3.8) is 0 Å². The molecule has 0 atom stereocenters. The van der Waals surface area contributed by atoms with E-state index in [9.17, 15) is 4.79 Å². The summed E-state index contributed by atoms with van der Waals surface area (Å²) < 4.78 is 10.6. The number of hydrogen-bond donors (Lipinski definition) is 1. The summed E-state index contributed by atoms with van der Waals surface area (Å²) >= 11 is 0. The van der Waals surface area contributed by atoms with E-state index in [0.29, 0.717) is 22.9 Å². The van der Waals surface area contributed by atoms with Crippen LogP contribution in [0.15, 0.2) is 42.7 Å². The summed E-state index contributed by atoms with van der Waals surface area (Å²) in [4.78, 5) is 19.9. The van der Waals surface area contributed by atoms with Crippen molar-refractivity contribution < 1.29 is 14.3 Å². The molecular weight excluding hydrogens is 342 g/mol. The van der Waals surface area contributed by atoms with Crippen molar-refractivity contribution in [2.45, 2.75) is 6.92 Å². The predicted octanol–water partition coefficient (Wildman–Crippen LogP) is 4.02. The van der Waals surface area contributed by atoms with Gasteiger partial charge in [0.25, 0.3) is 0 Å². The van der Waals surface area contributed by atoms with Gasteiger partial charge in [-0.05, 0) is 37.3 Å². The number of carbonyl (C=O) groups excluding carboxylic acids is 1. The van der Waals surface area contributed by atoms with Crippen LogP contribution in [0.5, 0.6) is 11.5 Å². The minimum Gasteiger partial charge on any atom is -0.493 e. The van der Waals surface area contributed by atoms with Crippen LogP contribution in [0.3, 0.4) is 0 Å². The van der Waals surface area contributed by atoms with E-state index in [-0.39, 0.29) is 18.2 Å². The van der Waals surface area contributed by atoms with Crippen LogP contribution in [0.4, 0.5) is 11.5 Å². The number of benzene rings is 2. The Morgan fingerprint density at radius 3 is 2.24 bits per heavy atom. The van der Waals surface area contributed by atoms with Gasteiger partial charge in [-0.3, -0.25) is 4.79 Å². The van der Waals surface area contributed by atoms with Crippen molar-refractivity contribution in [2.24, 2.45) is 0 Å². The molecule has 0 bridgehead atoms. The molecule has 2 aromatic carbocycles. The number of nitrogens with zero attached hydrogens (tertiary/aromatic N) is 2. The second-order valence-corrected chi connectivity index (χ2v) is 5.21. The molecule has 0 unspecified atom stereocenters. The molecule has 0 saturated heterocycles. The second-order valence-electron chi connectivity index (χ2n) is 5.21. The van der Waals surface area contributed by atoms with Gasteiger partial charge in [0.2, 0.25) is 0 Å². The Morgan fingerprint density at radius 2 is 1.64 bits per heavy atom. The molecule has 25 heavy (non-hydrogen) atoms. The van der Waals surface area contributed by atoms with Crippen molar-refractivity contribution in [1.82, 2.24) is 9.97 Å². The van der Waals surface area contributed by atoms with E-state index < -0.39 is 0 Å². The highest BCUT2D eigenvalue weighted by Gasteiger charge is 2.11. The zero-order valence-electron chi connectivity index (χ0n) is 14.1. The Balaban J connectivity index is 0.00000225. The fourth-order valence-corrected chi connectivity index (χ4v) is 2.41. The number of anilines is 2. The number of aromatic nitrogens is 2. The van der Waals surface area contributed by atoms with Crippen LogP contribution in [0, 0.1) is 0 Å². The predicted molar refractivity (Wildman–Crippen MR) is 99.6 cm³/mol. The molecule has 0 fully saturated rings. The molecule has 0 aliphatic heterocycles. The Labute approximate surface area is 151 Å². The molecule has 0 amide bonds. The lowest BCUT2D eigenvalue weighted by molar-refractivity contribution is 0.101. The number of carbonyl (C=O) groups is 1. The summed E-state index contributed by atoms with van der Waals surface area (Å²) in [6.07, 6.45) is 1.49. The van der Waals surface area contributed by atoms with Gasteiger partial charge < -0.3 is 14.8 Å². The molecule has 0 aliphatic rings. The first kappa shape index (κ1) is 18.5. The number of ether oxygens (including phenoxy) is 2. The van der Waals surface area contributed by atoms with E-state index in [1.807, 2.05) is 18.2 Å². The number of fused-ring (bicyclic) bond motifs is 1. The minimum absolute atomic E-state index is 0. The first-order valence-electron chi connectivity index (χ1n) is 7.37. The molecule has 1 N–H and O–H groups in total. The molecule has 0 spiro atoms. The average Bonchev–Trinajstić information content (AvgIpc) is 2.61. The fourth-order valence-electron chi connectivity index (χ4n) is 2.41. The maximum atomic E-state index is 11.4. The van der Waals surface area contributed by atoms with Crippen LogP contribution in [0.25, 0.3) is 10.9 Å². The van der Waals surface area contributed by atoms with E-state index in [2.05, 4.69) is 15.3 Å². The normalized spacial score (nSPS) is 10.0. The van der Waals surface area contributed by atoms with Gasteiger partial charge in [-0.15, -0.1) is 12.4 Å². The maximum absolute atomic E-state index is 11.4. The molecule has 0 radical (unpaired) electrons. The van der Waals surface area contributed by atoms with Gasteiger partial charge in [-0.2, -0.15) is 0 Å². The number of hydrogen-bond acceptors (Lipinski definition) is 6. The summed E-state index contributed by atoms with van der Waals surface area (Å²) in [7, 11) is 3.17. The highest BCUT2D eigenvalue weighted by atomic mass is 35.5. The smallest absolute Gasteiger partial charge is 0.162 e. The number of nitrogens with one attached hydrogen (secondary N) is 1. The zero-order valence-corrected chi connectivity index (χ0v) is 14.9. The van der Waals surface area contributed by atoms with Crippen molar-refractivity contribution in [3.8, 4) is 11.5 Å². The Bertz CT molecular complexity index is 898. The van der Waals surface area contributed by atoms with Gasteiger partial charge in [0.05, 0.1) is 19.7 Å². The van der Waals surface area contributed by atoms with Crippen molar-refractivity contribution in [1.29, 1.82) is 0 Å². The molecule has 6 nitrogen and oxygen atoms in total. The van der Waals surface area contributed by atoms with E-state index >= 15 is 0 Å². The van der Waals surface area contributed by atoms with Gasteiger partial charge >= 0.3 is 0 Å². The Morgan fingerprint density at radius 1 is 1.00 bits per heavy atom. The van der Waals surface area contributed by atoms with Crippen LogP contribution in [-0.2, 0) is 0 Å². The molecular formula is C18H18ClN3O3. The Hall–Kier alpha value is -2.86. The van der Waals surface area contributed by atoms with Gasteiger partial charge in [0.15, 0.2) is 17.3 Å². The lowest BCUT2D eigenvalue weighted by Gasteiger charge is -2.12. The third kappa shape index (κ3) is 3.80. The zero-order chi connectivity index (χ0) is 17.1. The molecule has 0 saturated carbocycles. The van der Waals surface area contributed by atoms with Crippen molar-refractivity contribution in [2.75, 3.05) is 19.5 Å². The molecule has 3 rings (SSSR count). The fraction of sp³-hybridized carbons (Fsp3) is 0.167. The van der Waals surface area contributed by atoms with Crippen LogP contribution in [0.2, 0.25) is 0 Å². The summed E-state index contributed by atoms with van der Waals surface area (Å²) in [6, 6.07) is 10.9. The van der Waals surface area contributed by atoms with E-state index in [1.54, 1.807) is 39.3 Å². The third-order valence-corrected chi connectivity index (χ3v) is 3.69. The third-order valence-electron chi connectivity index (χ3n) is 3.69. The van der Waals surface area contributed by atoms with E-state index in [4.69, 9.17) is 9.47 Å². The quantitative estimate of drug-likeness (QED) is 0.694. The number of ketones is 1. The molecule has 1 heterocycles. The SMILES string of the molecule is COc1cc2ncnc(Nc3ccc(C(C)=O)cc3)c2cc1OC.Cl. The van der Waals surface area contributed by atoms with Gasteiger partial charge in [0.1, 0.15) is 12.1 Å². The molecule has 130 valence electrons. The number of rotatable bonds is 5. The maximum Gasteiger partial charge on any atom is 0.162 e. The standard InChI is InChI=1S/C18H17N3O3.ClH/c1-11(22)12-4-6-13(7-5-12)21-18-14-8-16(23-2)17(24-3)9-15(14)19-10-20-18;/h4-10H,1-3H3,(H,19,20,21);1H. The minimum atomic E-state index is 0. The van der Waals surface area contributed by atoms with Crippen LogP contribution < -0.4 is 14.8 Å². The van der Waals surface area contributed by atoms with E-state index in [1.165, 1.54) is 6.33 Å². The van der Waals surface area contributed by atoms with Gasteiger partial charge in [-0.1, -0.05) is 0 Å². The second kappa shape index (κ2) is 7.81. The van der Waals surface area contributed by atoms with Crippen LogP contribution >= 0.6 is 12.4 Å². The summed E-state index contributed by atoms with van der Waals surface area (Å²) in [5, 5.41) is 4.05. The number of methoxy groups -OCH3 is 2. The van der Waals surface area contributed by atoms with Crippen LogP contribution in [0.1, 0.15) is 17.3 Å². The van der Waals surface area contributed by atoms with Gasteiger partial charge in [-0.25, -0.2) is 9.97 Å². The number of Topliss-reactive ketones (excluding diaryl/α,β-unsaturated/α-hetero) is 1. The van der Waals surface area contributed by atoms with Crippen molar-refractivity contribution in [3.05, 3.63) is 48.3 Å². The van der Waals surface area contributed by atoms with Gasteiger partial charge in [0, 0.05) is 22.7 Å². The first-order chi connectivity index (χ1) is 11.6. The summed E-state index contributed by atoms with van der Waals surface area (Å²) in [5.41, 5.74) is 2.24. The van der Waals surface area contributed by atoms with Crippen molar-refractivity contribution >= 4 is 40.6 Å². The first-order valence-corrected chi connectivity index (χ1v) is 7.37. The average molecular weight is 360 g/mol. The topological polar surface area (TPSA) is 73.3 Å². The molecule has 0 aliphatic carbocycles. The highest BCUT2D eigenvalue weighted by Crippen LogP contribution is 2.34. The lowest BCUT2D eigenvalue weighted by atomic mass is 10.1. The van der Waals surface area contributed by atoms with E-state index in [0.717, 1.165) is 16.6 Å². The lowest BCUT2D eigenvalue weighted by Crippen LogP contribution is -1.98.